The lowest BCUT2D eigenvalue weighted by Crippen LogP contribution is -2.58. The van der Waals surface area contributed by atoms with Crippen LogP contribution in [0.1, 0.15) is 36.1 Å². The van der Waals surface area contributed by atoms with Crippen LogP contribution in [0.3, 0.4) is 0 Å². The molecule has 2 aliphatic rings. The maximum atomic E-state index is 15.1. The summed E-state index contributed by atoms with van der Waals surface area (Å²) in [6.07, 6.45) is 1.08. The Balaban J connectivity index is 1.11. The molecule has 0 radical (unpaired) electrons. The van der Waals surface area contributed by atoms with Crippen molar-refractivity contribution in [3.63, 3.8) is 0 Å². The van der Waals surface area contributed by atoms with Crippen LogP contribution in [0.15, 0.2) is 66.9 Å². The number of carbonyl (C=O) groups is 1. The number of rotatable bonds is 5. The van der Waals surface area contributed by atoms with Gasteiger partial charge in [-0.05, 0) is 57.2 Å². The molecule has 2 aliphatic heterocycles. The molecule has 1 N–H and O–H groups in total. The number of amides is 1. The normalized spacial score (nSPS) is 16.1. The number of halogens is 2. The first-order chi connectivity index (χ1) is 21.3. The van der Waals surface area contributed by atoms with E-state index in [1.165, 1.54) is 6.07 Å². The van der Waals surface area contributed by atoms with Crippen LogP contribution < -0.4 is 15.0 Å². The average Bonchev–Trinajstić information content (AvgIpc) is 3.38. The number of carbonyl (C=O) groups excluding carboxylic acids is 1. The minimum Gasteiger partial charge on any atom is -0.489 e. The Morgan fingerprint density at radius 3 is 2.64 bits per heavy atom. The number of nitrogens with zero attached hydrogens (tertiary/aromatic N) is 6. The van der Waals surface area contributed by atoms with Crippen LogP contribution in [-0.4, -0.2) is 62.6 Å². The summed E-state index contributed by atoms with van der Waals surface area (Å²) in [6.45, 7) is 8.10. The molecule has 1 saturated heterocycles. The number of ether oxygens (including phenoxy) is 1. The van der Waals surface area contributed by atoms with E-state index >= 15 is 4.39 Å². The molecule has 9 nitrogen and oxygen atoms in total. The Bertz CT molecular complexity index is 1890. The number of aromatic nitrogens is 4. The number of hydrogen-bond donors (Lipinski definition) is 1. The highest BCUT2D eigenvalue weighted by Gasteiger charge is 2.35. The van der Waals surface area contributed by atoms with E-state index in [0.29, 0.717) is 60.1 Å². The first-order valence-corrected chi connectivity index (χ1v) is 14.6. The van der Waals surface area contributed by atoms with Crippen molar-refractivity contribution in [1.82, 2.24) is 24.4 Å². The van der Waals surface area contributed by atoms with Gasteiger partial charge in [-0.1, -0.05) is 18.2 Å². The van der Waals surface area contributed by atoms with Crippen LogP contribution in [0.4, 0.5) is 26.1 Å². The number of anilines is 3. The van der Waals surface area contributed by atoms with E-state index in [9.17, 15) is 9.18 Å². The second-order valence-corrected chi connectivity index (χ2v) is 11.4. The second kappa shape index (κ2) is 10.9. The highest BCUT2D eigenvalue weighted by atomic mass is 19.1. The molecule has 1 amide bonds. The molecule has 11 heteroatoms. The van der Waals surface area contributed by atoms with E-state index in [-0.39, 0.29) is 35.1 Å². The minimum atomic E-state index is -0.661. The van der Waals surface area contributed by atoms with Gasteiger partial charge in [0.2, 0.25) is 5.95 Å². The van der Waals surface area contributed by atoms with Gasteiger partial charge >= 0.3 is 0 Å². The number of nitrogens with one attached hydrogen (secondary N) is 1. The molecule has 7 rings (SSSR count). The summed E-state index contributed by atoms with van der Waals surface area (Å²) in [5, 5.41) is 3.14. The van der Waals surface area contributed by atoms with Gasteiger partial charge in [-0.25, -0.2) is 23.7 Å². The smallest absolute Gasteiger partial charge is 0.253 e. The standard InChI is InChI=1S/C33H31F2N7O2/c1-19(2)42-20(3)37-31-25(34)13-22(14-28(31)42)30-26(35)16-36-33(39-30)38-23-9-10-27-29(15-23)44-18-24-17-40(11-12-41(24)27)32(43)21-7-5-4-6-8-21/h4-10,13-16,19,24H,11-12,17-18H2,1-3H3,(H,36,38,39). The lowest BCUT2D eigenvalue weighted by atomic mass is 10.1. The quantitative estimate of drug-likeness (QED) is 0.262. The predicted octanol–water partition coefficient (Wildman–Crippen LogP) is 6.13. The fourth-order valence-corrected chi connectivity index (χ4v) is 6.21. The van der Waals surface area contributed by atoms with Crippen molar-refractivity contribution >= 4 is 34.3 Å². The Morgan fingerprint density at radius 2 is 1.84 bits per heavy atom. The van der Waals surface area contributed by atoms with E-state index in [2.05, 4.69) is 25.2 Å². The first-order valence-electron chi connectivity index (χ1n) is 14.6. The highest BCUT2D eigenvalue weighted by Crippen LogP contribution is 2.38. The first kappa shape index (κ1) is 27.8. The third-order valence-electron chi connectivity index (χ3n) is 8.21. The van der Waals surface area contributed by atoms with E-state index in [1.807, 2.05) is 78.8 Å². The molecule has 5 aromatic rings. The van der Waals surface area contributed by atoms with Crippen LogP contribution >= 0.6 is 0 Å². The van der Waals surface area contributed by atoms with Crippen molar-refractivity contribution < 1.29 is 18.3 Å². The molecule has 0 saturated carbocycles. The Kier molecular flexibility index (Phi) is 6.87. The Labute approximate surface area is 253 Å². The Morgan fingerprint density at radius 1 is 1.02 bits per heavy atom. The molecular weight excluding hydrogens is 564 g/mol. The van der Waals surface area contributed by atoms with Crippen molar-refractivity contribution in [3.8, 4) is 17.0 Å². The summed E-state index contributed by atoms with van der Waals surface area (Å²) in [4.78, 5) is 30.1. The average molecular weight is 596 g/mol. The van der Waals surface area contributed by atoms with Gasteiger partial charge in [0.15, 0.2) is 11.6 Å². The number of fused-ring (bicyclic) bond motifs is 4. The van der Waals surface area contributed by atoms with Crippen molar-refractivity contribution in [2.45, 2.75) is 32.9 Å². The van der Waals surface area contributed by atoms with E-state index in [0.717, 1.165) is 11.9 Å². The van der Waals surface area contributed by atoms with Gasteiger partial charge in [-0.3, -0.25) is 4.79 Å². The molecule has 224 valence electrons. The number of benzene rings is 3. The van der Waals surface area contributed by atoms with Gasteiger partial charge < -0.3 is 24.4 Å². The third-order valence-corrected chi connectivity index (χ3v) is 8.21. The van der Waals surface area contributed by atoms with Gasteiger partial charge in [-0.15, -0.1) is 0 Å². The zero-order chi connectivity index (χ0) is 30.5. The van der Waals surface area contributed by atoms with Gasteiger partial charge in [0.25, 0.3) is 5.91 Å². The maximum absolute atomic E-state index is 15.1. The number of piperazine rings is 1. The molecule has 1 atom stereocenters. The van der Waals surface area contributed by atoms with Crippen LogP contribution in [0.5, 0.6) is 5.75 Å². The number of hydrogen-bond acceptors (Lipinski definition) is 7. The molecule has 3 aromatic carbocycles. The van der Waals surface area contributed by atoms with Crippen LogP contribution in [0.25, 0.3) is 22.3 Å². The molecular formula is C33H31F2N7O2. The third kappa shape index (κ3) is 4.87. The van der Waals surface area contributed by atoms with Gasteiger partial charge in [0, 0.05) is 48.6 Å². The number of imidazole rings is 1. The molecule has 0 aliphatic carbocycles. The Hall–Kier alpha value is -5.06. The van der Waals surface area contributed by atoms with Crippen molar-refractivity contribution in [2.75, 3.05) is 36.5 Å². The molecule has 0 bridgehead atoms. The minimum absolute atomic E-state index is 0.0163. The van der Waals surface area contributed by atoms with Gasteiger partial charge in [0.05, 0.1) is 23.4 Å². The fraction of sp³-hybridized carbons (Fsp3) is 0.273. The predicted molar refractivity (Wildman–Crippen MR) is 164 cm³/mol. The zero-order valence-corrected chi connectivity index (χ0v) is 24.6. The summed E-state index contributed by atoms with van der Waals surface area (Å²) >= 11 is 0. The summed E-state index contributed by atoms with van der Waals surface area (Å²) in [6, 6.07) is 18.1. The maximum Gasteiger partial charge on any atom is 0.253 e. The van der Waals surface area contributed by atoms with E-state index in [4.69, 9.17) is 4.74 Å². The molecule has 4 heterocycles. The van der Waals surface area contributed by atoms with Crippen LogP contribution in [0.2, 0.25) is 0 Å². The molecule has 1 fully saturated rings. The molecule has 44 heavy (non-hydrogen) atoms. The van der Waals surface area contributed by atoms with Crippen LogP contribution in [-0.2, 0) is 0 Å². The summed E-state index contributed by atoms with van der Waals surface area (Å²) < 4.78 is 38.1. The fourth-order valence-electron chi connectivity index (χ4n) is 6.21. The van der Waals surface area contributed by atoms with Crippen LogP contribution in [0, 0.1) is 18.6 Å². The molecule has 0 spiro atoms. The summed E-state index contributed by atoms with van der Waals surface area (Å²) in [7, 11) is 0. The largest absolute Gasteiger partial charge is 0.489 e. The van der Waals surface area contributed by atoms with Crippen molar-refractivity contribution in [2.24, 2.45) is 0 Å². The van der Waals surface area contributed by atoms with E-state index in [1.54, 1.807) is 6.07 Å². The lowest BCUT2D eigenvalue weighted by Gasteiger charge is -2.45. The summed E-state index contributed by atoms with van der Waals surface area (Å²) in [5.41, 5.74) is 3.39. The molecule has 2 aromatic heterocycles. The topological polar surface area (TPSA) is 88.4 Å². The number of aryl methyl sites for hydroxylation is 1. The second-order valence-electron chi connectivity index (χ2n) is 11.4. The SMILES string of the molecule is Cc1nc2c(F)cc(-c3nc(Nc4ccc5c(c4)OCC4CN(C(=O)c6ccccc6)CCN54)ncc3F)cc2n1C(C)C. The van der Waals surface area contributed by atoms with Gasteiger partial charge in [0.1, 0.15) is 29.4 Å². The molecule has 1 unspecified atom stereocenters. The lowest BCUT2D eigenvalue weighted by molar-refractivity contribution is 0.0696. The van der Waals surface area contributed by atoms with Crippen molar-refractivity contribution in [1.29, 1.82) is 0 Å². The van der Waals surface area contributed by atoms with Crippen molar-refractivity contribution in [3.05, 3.63) is 89.9 Å². The highest BCUT2D eigenvalue weighted by molar-refractivity contribution is 5.94. The van der Waals surface area contributed by atoms with Gasteiger partial charge in [-0.2, -0.15) is 0 Å². The monoisotopic (exact) mass is 595 g/mol. The summed E-state index contributed by atoms with van der Waals surface area (Å²) in [5.74, 6) is 0.366. The van der Waals surface area contributed by atoms with E-state index < -0.39 is 11.6 Å². The zero-order valence-electron chi connectivity index (χ0n) is 24.6.